The summed E-state index contributed by atoms with van der Waals surface area (Å²) < 4.78 is 0. The van der Waals surface area contributed by atoms with Crippen molar-refractivity contribution in [3.8, 4) is 0 Å². The van der Waals surface area contributed by atoms with Crippen LogP contribution in [0.15, 0.2) is 0 Å². The number of carbonyl (C=O) groups is 2. The van der Waals surface area contributed by atoms with E-state index in [-0.39, 0.29) is 29.8 Å². The molecule has 0 radical (unpaired) electrons. The standard InChI is InChI=1S/C17H30N2O2/c1-10(2)8-14-17(21)19(9-12(5)13-6-7-13)15(11(3)4)16(20)18-14/h10-15H,6-9H2,1-5H3,(H,18,20). The molecule has 1 saturated carbocycles. The zero-order chi connectivity index (χ0) is 15.7. The summed E-state index contributed by atoms with van der Waals surface area (Å²) in [5.74, 6) is 1.95. The van der Waals surface area contributed by atoms with Crippen LogP contribution in [-0.4, -0.2) is 35.3 Å². The third-order valence-corrected chi connectivity index (χ3v) is 4.75. The molecule has 2 amide bonds. The topological polar surface area (TPSA) is 49.4 Å². The monoisotopic (exact) mass is 294 g/mol. The summed E-state index contributed by atoms with van der Waals surface area (Å²) in [6.07, 6.45) is 3.28. The second-order valence-corrected chi connectivity index (χ2v) is 7.68. The lowest BCUT2D eigenvalue weighted by molar-refractivity contribution is -0.152. The molecule has 1 saturated heterocycles. The molecule has 0 spiro atoms. The smallest absolute Gasteiger partial charge is 0.245 e. The molecule has 0 aromatic carbocycles. The van der Waals surface area contributed by atoms with E-state index >= 15 is 0 Å². The minimum Gasteiger partial charge on any atom is -0.342 e. The molecule has 0 aromatic heterocycles. The Bertz CT molecular complexity index is 402. The van der Waals surface area contributed by atoms with Gasteiger partial charge in [0, 0.05) is 6.54 Å². The van der Waals surface area contributed by atoms with Gasteiger partial charge in [0.05, 0.1) is 0 Å². The molecule has 0 aromatic rings. The molecule has 3 atom stereocenters. The van der Waals surface area contributed by atoms with Crippen LogP contribution in [-0.2, 0) is 9.59 Å². The van der Waals surface area contributed by atoms with E-state index in [1.165, 1.54) is 12.8 Å². The molecule has 4 nitrogen and oxygen atoms in total. The van der Waals surface area contributed by atoms with Gasteiger partial charge < -0.3 is 10.2 Å². The molecular formula is C17H30N2O2. The number of piperazine rings is 1. The van der Waals surface area contributed by atoms with Crippen LogP contribution in [0.3, 0.4) is 0 Å². The highest BCUT2D eigenvalue weighted by Crippen LogP contribution is 2.37. The molecule has 2 aliphatic rings. The van der Waals surface area contributed by atoms with Gasteiger partial charge in [0.2, 0.25) is 11.8 Å². The Morgan fingerprint density at radius 3 is 2.24 bits per heavy atom. The van der Waals surface area contributed by atoms with E-state index in [9.17, 15) is 9.59 Å². The molecule has 21 heavy (non-hydrogen) atoms. The maximum Gasteiger partial charge on any atom is 0.245 e. The van der Waals surface area contributed by atoms with Crippen molar-refractivity contribution in [3.63, 3.8) is 0 Å². The van der Waals surface area contributed by atoms with Gasteiger partial charge in [0.1, 0.15) is 12.1 Å². The first-order chi connectivity index (χ1) is 9.81. The van der Waals surface area contributed by atoms with Gasteiger partial charge in [-0.05, 0) is 42.9 Å². The van der Waals surface area contributed by atoms with Crippen LogP contribution >= 0.6 is 0 Å². The molecule has 1 N–H and O–H groups in total. The molecular weight excluding hydrogens is 264 g/mol. The third-order valence-electron chi connectivity index (χ3n) is 4.75. The molecule has 2 rings (SSSR count). The van der Waals surface area contributed by atoms with E-state index in [0.717, 1.165) is 18.9 Å². The SMILES string of the molecule is CC(C)CC1NC(=O)C(C(C)C)N(CC(C)C2CC2)C1=O. The Kier molecular flexibility index (Phi) is 4.95. The molecule has 1 aliphatic heterocycles. The molecule has 2 fully saturated rings. The van der Waals surface area contributed by atoms with E-state index in [2.05, 4.69) is 26.1 Å². The summed E-state index contributed by atoms with van der Waals surface area (Å²) in [7, 11) is 0. The number of nitrogens with one attached hydrogen (secondary N) is 1. The highest BCUT2D eigenvalue weighted by atomic mass is 16.2. The van der Waals surface area contributed by atoms with E-state index in [1.807, 2.05) is 18.7 Å². The van der Waals surface area contributed by atoms with E-state index in [0.29, 0.717) is 11.8 Å². The fourth-order valence-corrected chi connectivity index (χ4v) is 3.42. The van der Waals surface area contributed by atoms with Crippen molar-refractivity contribution in [2.45, 2.75) is 66.0 Å². The molecule has 0 bridgehead atoms. The van der Waals surface area contributed by atoms with Crippen LogP contribution in [0, 0.1) is 23.7 Å². The summed E-state index contributed by atoms with van der Waals surface area (Å²) >= 11 is 0. The fourth-order valence-electron chi connectivity index (χ4n) is 3.42. The largest absolute Gasteiger partial charge is 0.342 e. The molecule has 4 heteroatoms. The van der Waals surface area contributed by atoms with Gasteiger partial charge in [-0.25, -0.2) is 0 Å². The van der Waals surface area contributed by atoms with Gasteiger partial charge in [0.25, 0.3) is 0 Å². The van der Waals surface area contributed by atoms with Crippen LogP contribution < -0.4 is 5.32 Å². The lowest BCUT2D eigenvalue weighted by Gasteiger charge is -2.42. The van der Waals surface area contributed by atoms with Gasteiger partial charge in [-0.3, -0.25) is 9.59 Å². The maximum absolute atomic E-state index is 12.8. The first-order valence-electron chi connectivity index (χ1n) is 8.42. The second-order valence-electron chi connectivity index (χ2n) is 7.68. The average molecular weight is 294 g/mol. The fraction of sp³-hybridized carbons (Fsp3) is 0.882. The van der Waals surface area contributed by atoms with Gasteiger partial charge in [0.15, 0.2) is 0 Å². The van der Waals surface area contributed by atoms with Gasteiger partial charge in [-0.1, -0.05) is 34.6 Å². The summed E-state index contributed by atoms with van der Waals surface area (Å²) in [4.78, 5) is 27.1. The van der Waals surface area contributed by atoms with Gasteiger partial charge in [-0.2, -0.15) is 0 Å². The number of carbonyl (C=O) groups excluding carboxylic acids is 2. The number of rotatable bonds is 6. The predicted octanol–water partition coefficient (Wildman–Crippen LogP) is 2.43. The molecule has 3 unspecified atom stereocenters. The van der Waals surface area contributed by atoms with Crippen LogP contribution in [0.25, 0.3) is 0 Å². The summed E-state index contributed by atoms with van der Waals surface area (Å²) in [6, 6.07) is -0.638. The lowest BCUT2D eigenvalue weighted by atomic mass is 9.92. The summed E-state index contributed by atoms with van der Waals surface area (Å²) in [5, 5.41) is 2.95. The van der Waals surface area contributed by atoms with Crippen LogP contribution in [0.1, 0.15) is 53.9 Å². The minimum atomic E-state index is -0.334. The van der Waals surface area contributed by atoms with Crippen molar-refractivity contribution >= 4 is 11.8 Å². The Morgan fingerprint density at radius 1 is 1.14 bits per heavy atom. The Labute approximate surface area is 128 Å². The first-order valence-corrected chi connectivity index (χ1v) is 8.42. The van der Waals surface area contributed by atoms with Crippen molar-refractivity contribution in [2.24, 2.45) is 23.7 Å². The molecule has 1 aliphatic carbocycles. The number of hydrogen-bond donors (Lipinski definition) is 1. The van der Waals surface area contributed by atoms with Crippen LogP contribution in [0.5, 0.6) is 0 Å². The summed E-state index contributed by atoms with van der Waals surface area (Å²) in [6.45, 7) is 11.2. The predicted molar refractivity (Wildman–Crippen MR) is 83.6 cm³/mol. The Morgan fingerprint density at radius 2 is 1.76 bits per heavy atom. The van der Waals surface area contributed by atoms with Crippen LogP contribution in [0.2, 0.25) is 0 Å². The van der Waals surface area contributed by atoms with Crippen LogP contribution in [0.4, 0.5) is 0 Å². The second kappa shape index (κ2) is 6.37. The van der Waals surface area contributed by atoms with Crippen molar-refractivity contribution in [3.05, 3.63) is 0 Å². The van der Waals surface area contributed by atoms with E-state index in [4.69, 9.17) is 0 Å². The average Bonchev–Trinajstić information content (AvgIpc) is 3.17. The third kappa shape index (κ3) is 3.78. The van der Waals surface area contributed by atoms with E-state index < -0.39 is 0 Å². The number of amides is 2. The zero-order valence-electron chi connectivity index (χ0n) is 14.1. The molecule has 120 valence electrons. The Hall–Kier alpha value is -1.06. The van der Waals surface area contributed by atoms with Gasteiger partial charge >= 0.3 is 0 Å². The van der Waals surface area contributed by atoms with Crippen molar-refractivity contribution in [1.29, 1.82) is 0 Å². The maximum atomic E-state index is 12.8. The quantitative estimate of drug-likeness (QED) is 0.818. The van der Waals surface area contributed by atoms with Crippen molar-refractivity contribution in [1.82, 2.24) is 10.2 Å². The normalized spacial score (nSPS) is 28.2. The first kappa shape index (κ1) is 16.3. The highest BCUT2D eigenvalue weighted by Gasteiger charge is 2.43. The number of nitrogens with zero attached hydrogens (tertiary/aromatic N) is 1. The van der Waals surface area contributed by atoms with Crippen molar-refractivity contribution < 1.29 is 9.59 Å². The summed E-state index contributed by atoms with van der Waals surface area (Å²) in [5.41, 5.74) is 0. The van der Waals surface area contributed by atoms with E-state index in [1.54, 1.807) is 0 Å². The minimum absolute atomic E-state index is 0.0262. The van der Waals surface area contributed by atoms with Gasteiger partial charge in [-0.15, -0.1) is 0 Å². The zero-order valence-corrected chi connectivity index (χ0v) is 14.1. The highest BCUT2D eigenvalue weighted by molar-refractivity contribution is 5.97. The van der Waals surface area contributed by atoms with Crippen molar-refractivity contribution in [2.75, 3.05) is 6.54 Å². The Balaban J connectivity index is 2.15. The lowest BCUT2D eigenvalue weighted by Crippen LogP contribution is -2.65. The molecule has 1 heterocycles. The number of hydrogen-bond acceptors (Lipinski definition) is 2.